The van der Waals surface area contributed by atoms with E-state index in [9.17, 15) is 8.42 Å². The average molecular weight is 340 g/mol. The van der Waals surface area contributed by atoms with Crippen molar-refractivity contribution in [2.24, 2.45) is 0 Å². The Kier molecular flexibility index (Phi) is 5.38. The van der Waals surface area contributed by atoms with Gasteiger partial charge in [0.15, 0.2) is 8.68 Å². The number of thiazole rings is 1. The maximum Gasteiger partial charge on any atom is 0.254 e. The smallest absolute Gasteiger partial charge is 0.254 e. The van der Waals surface area contributed by atoms with Crippen LogP contribution in [0.1, 0.15) is 12.1 Å². The Morgan fingerprint density at radius 3 is 2.70 bits per heavy atom. The van der Waals surface area contributed by atoms with Crippen LogP contribution in [0.2, 0.25) is 4.47 Å². The Labute approximate surface area is 128 Å². The molecule has 0 aliphatic carbocycles. The molecule has 1 aliphatic rings. The summed E-state index contributed by atoms with van der Waals surface area (Å²) in [6.45, 7) is 4.68. The van der Waals surface area contributed by atoms with E-state index in [1.165, 1.54) is 4.31 Å². The molecular formula is C11H18ClN3O3S2. The molecule has 0 spiro atoms. The lowest BCUT2D eigenvalue weighted by atomic mass is 10.4. The Morgan fingerprint density at radius 1 is 1.35 bits per heavy atom. The van der Waals surface area contributed by atoms with Gasteiger partial charge in [0.1, 0.15) is 0 Å². The largest absolute Gasteiger partial charge is 0.395 e. The minimum absolute atomic E-state index is 0.0936. The highest BCUT2D eigenvalue weighted by molar-refractivity contribution is 7.91. The molecule has 0 amide bonds. The average Bonchev–Trinajstić information content (AvgIpc) is 2.61. The maximum atomic E-state index is 12.6. The van der Waals surface area contributed by atoms with Gasteiger partial charge < -0.3 is 5.11 Å². The summed E-state index contributed by atoms with van der Waals surface area (Å²) in [7, 11) is -3.52. The molecule has 0 atom stereocenters. The van der Waals surface area contributed by atoms with Crippen molar-refractivity contribution in [1.82, 2.24) is 14.2 Å². The number of aryl methyl sites for hydroxylation is 1. The lowest BCUT2D eigenvalue weighted by molar-refractivity contribution is 0.202. The van der Waals surface area contributed by atoms with E-state index in [0.717, 1.165) is 24.3 Å². The first-order chi connectivity index (χ1) is 9.45. The van der Waals surface area contributed by atoms with Crippen LogP contribution in [-0.4, -0.2) is 67.0 Å². The van der Waals surface area contributed by atoms with Crippen molar-refractivity contribution in [3.8, 4) is 0 Å². The first kappa shape index (κ1) is 16.1. The van der Waals surface area contributed by atoms with Gasteiger partial charge in [-0.25, -0.2) is 13.4 Å². The lowest BCUT2D eigenvalue weighted by Gasteiger charge is -2.20. The molecule has 1 aliphatic heterocycles. The van der Waals surface area contributed by atoms with Gasteiger partial charge in [-0.1, -0.05) is 22.9 Å². The number of halogens is 1. The van der Waals surface area contributed by atoms with E-state index in [1.54, 1.807) is 6.92 Å². The molecule has 0 aromatic carbocycles. The summed E-state index contributed by atoms with van der Waals surface area (Å²) in [5.41, 5.74) is 0.455. The Morgan fingerprint density at radius 2 is 2.10 bits per heavy atom. The van der Waals surface area contributed by atoms with E-state index in [0.29, 0.717) is 31.9 Å². The zero-order valence-electron chi connectivity index (χ0n) is 11.2. The number of sulfonamides is 1. The first-order valence-corrected chi connectivity index (χ1v) is 9.05. The minimum Gasteiger partial charge on any atom is -0.395 e. The van der Waals surface area contributed by atoms with Crippen molar-refractivity contribution in [2.75, 3.05) is 39.3 Å². The normalized spacial score (nSPS) is 19.1. The third kappa shape index (κ3) is 3.49. The van der Waals surface area contributed by atoms with Gasteiger partial charge >= 0.3 is 0 Å². The summed E-state index contributed by atoms with van der Waals surface area (Å²) in [4.78, 5) is 6.05. The number of nitrogens with zero attached hydrogens (tertiary/aromatic N) is 3. The van der Waals surface area contributed by atoms with Gasteiger partial charge in [0.25, 0.3) is 10.0 Å². The molecule has 1 N–H and O–H groups in total. The number of aliphatic hydroxyl groups excluding tert-OH is 1. The van der Waals surface area contributed by atoms with E-state index < -0.39 is 10.0 Å². The third-order valence-corrected chi connectivity index (χ3v) is 7.01. The van der Waals surface area contributed by atoms with E-state index in [1.807, 2.05) is 0 Å². The van der Waals surface area contributed by atoms with Crippen LogP contribution in [0.3, 0.4) is 0 Å². The Balaban J connectivity index is 2.16. The van der Waals surface area contributed by atoms with E-state index in [2.05, 4.69) is 9.88 Å². The van der Waals surface area contributed by atoms with Gasteiger partial charge in [-0.15, -0.1) is 0 Å². The predicted octanol–water partition coefficient (Wildman–Crippen LogP) is 0.794. The second-order valence-corrected chi connectivity index (χ2v) is 8.38. The molecule has 0 bridgehead atoms. The van der Waals surface area contributed by atoms with Crippen molar-refractivity contribution < 1.29 is 13.5 Å². The summed E-state index contributed by atoms with van der Waals surface area (Å²) in [6, 6.07) is 0. The van der Waals surface area contributed by atoms with Gasteiger partial charge in [-0.2, -0.15) is 4.31 Å². The van der Waals surface area contributed by atoms with E-state index in [-0.39, 0.29) is 15.3 Å². The first-order valence-electron chi connectivity index (χ1n) is 6.41. The maximum absolute atomic E-state index is 12.6. The van der Waals surface area contributed by atoms with Crippen molar-refractivity contribution in [3.05, 3.63) is 10.2 Å². The fraction of sp³-hybridized carbons (Fsp3) is 0.727. The molecule has 0 saturated carbocycles. The highest BCUT2D eigenvalue weighted by atomic mass is 35.5. The number of rotatable bonds is 4. The van der Waals surface area contributed by atoms with Crippen LogP contribution in [0, 0.1) is 6.92 Å². The zero-order chi connectivity index (χ0) is 14.8. The summed E-state index contributed by atoms with van der Waals surface area (Å²) in [6.07, 6.45) is 0.755. The van der Waals surface area contributed by atoms with Crippen LogP contribution >= 0.6 is 22.9 Å². The standard InChI is InChI=1S/C11H18ClN3O3S2/c1-9-10(19-11(12)13-9)20(17,18)15-4-2-3-14(5-6-15)7-8-16/h16H,2-8H2,1H3. The SMILES string of the molecule is Cc1nc(Cl)sc1S(=O)(=O)N1CCCN(CCO)CC1. The monoisotopic (exact) mass is 339 g/mol. The van der Waals surface area contributed by atoms with Crippen molar-refractivity contribution >= 4 is 33.0 Å². The fourth-order valence-electron chi connectivity index (χ4n) is 2.26. The number of aliphatic hydroxyl groups is 1. The summed E-state index contributed by atoms with van der Waals surface area (Å²) in [5, 5.41) is 8.96. The van der Waals surface area contributed by atoms with E-state index in [4.69, 9.17) is 16.7 Å². The topological polar surface area (TPSA) is 73.7 Å². The summed E-state index contributed by atoms with van der Waals surface area (Å²) >= 11 is 6.80. The van der Waals surface area contributed by atoms with Crippen molar-refractivity contribution in [2.45, 2.75) is 17.6 Å². The number of aromatic nitrogens is 1. The highest BCUT2D eigenvalue weighted by Gasteiger charge is 2.30. The van der Waals surface area contributed by atoms with Gasteiger partial charge in [0, 0.05) is 26.2 Å². The van der Waals surface area contributed by atoms with Gasteiger partial charge in [-0.3, -0.25) is 4.90 Å². The van der Waals surface area contributed by atoms with Gasteiger partial charge in [0.05, 0.1) is 12.3 Å². The predicted molar refractivity (Wildman–Crippen MR) is 78.8 cm³/mol. The van der Waals surface area contributed by atoms with Crippen LogP contribution in [0.5, 0.6) is 0 Å². The Hall–Kier alpha value is -0.250. The molecule has 1 aromatic heterocycles. The van der Waals surface area contributed by atoms with Crippen LogP contribution in [-0.2, 0) is 10.0 Å². The molecule has 2 rings (SSSR count). The second-order valence-electron chi connectivity index (χ2n) is 4.66. The third-order valence-electron chi connectivity index (χ3n) is 3.27. The Bertz CT molecular complexity index is 561. The molecule has 0 radical (unpaired) electrons. The lowest BCUT2D eigenvalue weighted by Crippen LogP contribution is -2.35. The van der Waals surface area contributed by atoms with Crippen molar-refractivity contribution in [3.63, 3.8) is 0 Å². The quantitative estimate of drug-likeness (QED) is 0.878. The zero-order valence-corrected chi connectivity index (χ0v) is 13.6. The van der Waals surface area contributed by atoms with Crippen LogP contribution < -0.4 is 0 Å². The minimum atomic E-state index is -3.52. The molecule has 1 saturated heterocycles. The molecule has 6 nitrogen and oxygen atoms in total. The number of β-amino-alcohol motifs (C(OH)–C–C–N with tert-alkyl or cyclic N) is 1. The van der Waals surface area contributed by atoms with Crippen LogP contribution in [0.4, 0.5) is 0 Å². The molecule has 114 valence electrons. The number of hydrogen-bond donors (Lipinski definition) is 1. The van der Waals surface area contributed by atoms with Gasteiger partial charge in [-0.05, 0) is 19.9 Å². The molecule has 20 heavy (non-hydrogen) atoms. The molecule has 0 unspecified atom stereocenters. The summed E-state index contributed by atoms with van der Waals surface area (Å²) in [5.74, 6) is 0. The highest BCUT2D eigenvalue weighted by Crippen LogP contribution is 2.29. The van der Waals surface area contributed by atoms with Crippen LogP contribution in [0.15, 0.2) is 4.21 Å². The second kappa shape index (κ2) is 6.67. The fourth-order valence-corrected chi connectivity index (χ4v) is 5.60. The molecule has 9 heteroatoms. The molecule has 2 heterocycles. The van der Waals surface area contributed by atoms with Crippen molar-refractivity contribution in [1.29, 1.82) is 0 Å². The van der Waals surface area contributed by atoms with E-state index >= 15 is 0 Å². The molecule has 1 fully saturated rings. The summed E-state index contributed by atoms with van der Waals surface area (Å²) < 4.78 is 27.2. The molecule has 1 aromatic rings. The molecular weight excluding hydrogens is 322 g/mol. The van der Waals surface area contributed by atoms with Gasteiger partial charge in [0.2, 0.25) is 0 Å². The number of hydrogen-bond acceptors (Lipinski definition) is 6. The van der Waals surface area contributed by atoms with Crippen LogP contribution in [0.25, 0.3) is 0 Å².